The molecule has 5 heteroatoms. The van der Waals surface area contributed by atoms with Gasteiger partial charge in [-0.3, -0.25) is 9.59 Å². The molecule has 0 aromatic heterocycles. The predicted molar refractivity (Wildman–Crippen MR) is 111 cm³/mol. The normalized spacial score (nSPS) is 11.9. The lowest BCUT2D eigenvalue weighted by Gasteiger charge is -2.22. The third-order valence-corrected chi connectivity index (χ3v) is 4.86. The molecule has 0 saturated carbocycles. The van der Waals surface area contributed by atoms with Crippen LogP contribution in [0.3, 0.4) is 0 Å². The van der Waals surface area contributed by atoms with Crippen molar-refractivity contribution in [1.29, 1.82) is 0 Å². The van der Waals surface area contributed by atoms with Crippen molar-refractivity contribution in [3.8, 4) is 5.75 Å². The topological polar surface area (TPSA) is 59.8 Å². The summed E-state index contributed by atoms with van der Waals surface area (Å²) in [5, 5.41) is 2.96. The Labute approximate surface area is 167 Å². The second-order valence-corrected chi connectivity index (χ2v) is 7.12. The first-order chi connectivity index (χ1) is 13.4. The number of carbonyl (C=O) groups excluding carboxylic acids is 2. The van der Waals surface area contributed by atoms with Gasteiger partial charge < -0.3 is 15.0 Å². The average Bonchev–Trinajstić information content (AvgIpc) is 2.72. The number of carbonyl (C=O) groups is 2. The Morgan fingerprint density at radius 1 is 1.00 bits per heavy atom. The lowest BCUT2D eigenvalue weighted by molar-refractivity contribution is -0.890. The third kappa shape index (κ3) is 6.20. The molecule has 1 atom stereocenters. The molecule has 0 saturated heterocycles. The van der Waals surface area contributed by atoms with E-state index in [4.69, 9.17) is 4.74 Å². The van der Waals surface area contributed by atoms with Crippen molar-refractivity contribution in [3.05, 3.63) is 65.2 Å². The van der Waals surface area contributed by atoms with Gasteiger partial charge in [-0.25, -0.2) is 0 Å². The summed E-state index contributed by atoms with van der Waals surface area (Å²) in [7, 11) is 4.17. The van der Waals surface area contributed by atoms with Gasteiger partial charge in [-0.1, -0.05) is 38.1 Å². The fourth-order valence-corrected chi connectivity index (χ4v) is 3.00. The fourth-order valence-electron chi connectivity index (χ4n) is 3.00. The second-order valence-electron chi connectivity index (χ2n) is 7.12. The number of ether oxygens (including phenoxy) is 1. The van der Waals surface area contributed by atoms with Crippen molar-refractivity contribution < 1.29 is 19.2 Å². The number of hydrogen-bond donors (Lipinski definition) is 2. The zero-order valence-electron chi connectivity index (χ0n) is 17.2. The van der Waals surface area contributed by atoms with E-state index in [1.165, 1.54) is 16.0 Å². The molecule has 0 bridgehead atoms. The maximum absolute atomic E-state index is 12.2. The van der Waals surface area contributed by atoms with Crippen LogP contribution in [0.1, 0.15) is 47.8 Å². The van der Waals surface area contributed by atoms with Crippen LogP contribution in [0, 0.1) is 0 Å². The third-order valence-electron chi connectivity index (χ3n) is 4.86. The first kappa shape index (κ1) is 21.6. The van der Waals surface area contributed by atoms with Gasteiger partial charge in [0, 0.05) is 17.5 Å². The molecule has 0 aliphatic rings. The number of benzene rings is 2. The first-order valence-electron chi connectivity index (χ1n) is 9.86. The Balaban J connectivity index is 1.86. The fraction of sp³-hybridized carbons (Fsp3) is 0.391. The summed E-state index contributed by atoms with van der Waals surface area (Å²) < 4.78 is 5.53. The molecule has 2 aromatic rings. The Bertz CT molecular complexity index is 767. The minimum absolute atomic E-state index is 0.0503. The average molecular weight is 384 g/mol. The molecule has 2 aromatic carbocycles. The molecule has 0 aliphatic heterocycles. The molecule has 2 N–H and O–H groups in total. The molecule has 0 spiro atoms. The Morgan fingerprint density at radius 3 is 2.18 bits per heavy atom. The van der Waals surface area contributed by atoms with Crippen LogP contribution >= 0.6 is 0 Å². The van der Waals surface area contributed by atoms with E-state index in [2.05, 4.69) is 50.6 Å². The monoisotopic (exact) mass is 383 g/mol. The quantitative estimate of drug-likeness (QED) is 0.619. The number of aryl methyl sites for hydroxylation is 1. The Morgan fingerprint density at radius 2 is 1.64 bits per heavy atom. The van der Waals surface area contributed by atoms with Crippen LogP contribution in [-0.4, -0.2) is 38.9 Å². The summed E-state index contributed by atoms with van der Waals surface area (Å²) in [6, 6.07) is 15.6. The van der Waals surface area contributed by atoms with Gasteiger partial charge in [0.25, 0.3) is 5.91 Å². The van der Waals surface area contributed by atoms with Crippen LogP contribution in [0.15, 0.2) is 48.5 Å². The lowest BCUT2D eigenvalue weighted by atomic mass is 10.0. The van der Waals surface area contributed by atoms with Crippen molar-refractivity contribution in [2.45, 2.75) is 32.7 Å². The van der Waals surface area contributed by atoms with Crippen molar-refractivity contribution in [3.63, 3.8) is 0 Å². The number of rotatable bonds is 10. The van der Waals surface area contributed by atoms with Gasteiger partial charge in [-0.05, 0) is 36.2 Å². The van der Waals surface area contributed by atoms with Crippen LogP contribution in [0.5, 0.6) is 5.75 Å². The molecule has 150 valence electrons. The van der Waals surface area contributed by atoms with E-state index in [9.17, 15) is 9.59 Å². The molecular weight excluding hydrogens is 352 g/mol. The number of hydrogen-bond acceptors (Lipinski definition) is 3. The van der Waals surface area contributed by atoms with E-state index in [0.717, 1.165) is 6.42 Å². The van der Waals surface area contributed by atoms with Gasteiger partial charge in [0.2, 0.25) is 0 Å². The number of amides is 1. The van der Waals surface area contributed by atoms with Crippen molar-refractivity contribution >= 4 is 11.7 Å². The lowest BCUT2D eigenvalue weighted by Crippen LogP contribution is -3.07. The van der Waals surface area contributed by atoms with Crippen molar-refractivity contribution in [2.75, 3.05) is 27.2 Å². The van der Waals surface area contributed by atoms with Crippen LogP contribution in [0.4, 0.5) is 0 Å². The molecule has 5 nitrogen and oxygen atoms in total. The maximum atomic E-state index is 12.2. The maximum Gasteiger partial charge on any atom is 0.258 e. The van der Waals surface area contributed by atoms with E-state index >= 15 is 0 Å². The summed E-state index contributed by atoms with van der Waals surface area (Å²) in [5.41, 5.74) is 3.17. The minimum atomic E-state index is -0.162. The number of nitrogens with one attached hydrogen (secondary N) is 2. The van der Waals surface area contributed by atoms with Crippen LogP contribution < -0.4 is 15.0 Å². The van der Waals surface area contributed by atoms with Gasteiger partial charge in [-0.2, -0.15) is 0 Å². The van der Waals surface area contributed by atoms with Crippen molar-refractivity contribution in [2.24, 2.45) is 0 Å². The standard InChI is InChI=1S/C23H30N2O3/c1-5-17-7-9-18(10-8-17)21(25(3)4)15-24-23(27)16-28-20-13-11-19(12-14-20)22(26)6-2/h7-14,21H,5-6,15-16H2,1-4H3,(H,24,27)/p+1/t21-/m0/s1. The van der Waals surface area contributed by atoms with E-state index in [1.807, 2.05) is 6.92 Å². The molecule has 0 heterocycles. The number of Topliss-reactive ketones (excluding diaryl/α,β-unsaturated/α-hetero) is 1. The van der Waals surface area contributed by atoms with Crippen LogP contribution in [0.2, 0.25) is 0 Å². The Hall–Kier alpha value is -2.66. The van der Waals surface area contributed by atoms with Crippen LogP contribution in [0.25, 0.3) is 0 Å². The highest BCUT2D eigenvalue weighted by Gasteiger charge is 2.18. The Kier molecular flexibility index (Phi) is 8.20. The first-order valence-corrected chi connectivity index (χ1v) is 9.86. The number of quaternary nitrogens is 1. The zero-order chi connectivity index (χ0) is 20.5. The van der Waals surface area contributed by atoms with Gasteiger partial charge in [-0.15, -0.1) is 0 Å². The molecule has 0 fully saturated rings. The van der Waals surface area contributed by atoms with Gasteiger partial charge in [0.05, 0.1) is 20.6 Å². The summed E-state index contributed by atoms with van der Waals surface area (Å²) >= 11 is 0. The van der Waals surface area contributed by atoms with E-state index in [-0.39, 0.29) is 24.3 Å². The number of likely N-dealkylation sites (N-methyl/N-ethyl adjacent to an activating group) is 1. The molecule has 0 radical (unpaired) electrons. The minimum Gasteiger partial charge on any atom is -0.484 e. The highest BCUT2D eigenvalue weighted by molar-refractivity contribution is 5.95. The molecule has 28 heavy (non-hydrogen) atoms. The van der Waals surface area contributed by atoms with Gasteiger partial charge in [0.1, 0.15) is 11.8 Å². The zero-order valence-corrected chi connectivity index (χ0v) is 17.2. The molecule has 2 rings (SSSR count). The summed E-state index contributed by atoms with van der Waals surface area (Å²) in [6.45, 7) is 4.46. The van der Waals surface area contributed by atoms with Gasteiger partial charge in [0.15, 0.2) is 12.4 Å². The molecule has 0 aliphatic carbocycles. The van der Waals surface area contributed by atoms with Crippen LogP contribution in [-0.2, 0) is 11.2 Å². The summed E-state index contributed by atoms with van der Waals surface area (Å²) in [5.74, 6) is 0.506. The van der Waals surface area contributed by atoms with E-state index in [1.54, 1.807) is 24.3 Å². The molecular formula is C23H31N2O3+. The number of ketones is 1. The predicted octanol–water partition coefficient (Wildman–Crippen LogP) is 2.22. The summed E-state index contributed by atoms with van der Waals surface area (Å²) in [4.78, 5) is 25.1. The highest BCUT2D eigenvalue weighted by Crippen LogP contribution is 2.14. The van der Waals surface area contributed by atoms with E-state index < -0.39 is 0 Å². The molecule has 0 unspecified atom stereocenters. The summed E-state index contributed by atoms with van der Waals surface area (Å²) in [6.07, 6.45) is 1.49. The smallest absolute Gasteiger partial charge is 0.258 e. The van der Waals surface area contributed by atoms with E-state index in [0.29, 0.717) is 24.3 Å². The second kappa shape index (κ2) is 10.6. The van der Waals surface area contributed by atoms with Gasteiger partial charge >= 0.3 is 0 Å². The molecule has 1 amide bonds. The highest BCUT2D eigenvalue weighted by atomic mass is 16.5. The SMILES string of the molecule is CCC(=O)c1ccc(OCC(=O)NC[C@@H](c2ccc(CC)cc2)[NH+](C)C)cc1. The largest absolute Gasteiger partial charge is 0.484 e. The van der Waals surface area contributed by atoms with Crippen molar-refractivity contribution in [1.82, 2.24) is 5.32 Å².